The molecule has 0 bridgehead atoms. The Balaban J connectivity index is -0.000000327. The molecule has 0 spiro atoms. The zero-order chi connectivity index (χ0) is 12.4. The number of Topliss-reactive ketones (excluding diaryl/α,β-unsaturated/α-hetero) is 1. The van der Waals surface area contributed by atoms with Crippen LogP contribution in [0.1, 0.15) is 62.8 Å². The van der Waals surface area contributed by atoms with Crippen LogP contribution in [0.4, 0.5) is 0 Å². The summed E-state index contributed by atoms with van der Waals surface area (Å²) in [5, 5.41) is 3.41. The summed E-state index contributed by atoms with van der Waals surface area (Å²) in [4.78, 5) is 12.2. The van der Waals surface area contributed by atoms with Crippen molar-refractivity contribution >= 4 is 5.78 Å². The fraction of sp³-hybridized carbons (Fsp3) is 0.812. The van der Waals surface area contributed by atoms with E-state index in [1.54, 1.807) is 0 Å². The first-order valence-electron chi connectivity index (χ1n) is 5.77. The first-order chi connectivity index (χ1) is 6.45. The van der Waals surface area contributed by atoms with Crippen molar-refractivity contribution in [3.8, 4) is 0 Å². The van der Waals surface area contributed by atoms with E-state index in [1.807, 2.05) is 20.8 Å². The average molecular weight is 259 g/mol. The van der Waals surface area contributed by atoms with Gasteiger partial charge in [0.2, 0.25) is 0 Å². The van der Waals surface area contributed by atoms with Gasteiger partial charge in [0.25, 0.3) is 0 Å². The molecule has 1 unspecified atom stereocenters. The second kappa shape index (κ2) is 8.58. The van der Waals surface area contributed by atoms with Gasteiger partial charge in [0.05, 0.1) is 6.04 Å². The number of nitrogens with one attached hydrogen (secondary N) is 1. The molecule has 1 N–H and O–H groups in total. The van der Waals surface area contributed by atoms with Gasteiger partial charge in [-0.1, -0.05) is 42.0 Å². The highest BCUT2D eigenvalue weighted by Crippen LogP contribution is 2.21. The molecule has 0 aromatic rings. The second-order valence-electron chi connectivity index (χ2n) is 6.73. The van der Waals surface area contributed by atoms with Gasteiger partial charge in [-0.25, -0.2) is 0 Å². The lowest BCUT2D eigenvalue weighted by atomic mass is 9.81. The van der Waals surface area contributed by atoms with Crippen LogP contribution in [0.2, 0.25) is 0 Å². The third-order valence-corrected chi connectivity index (χ3v) is 2.28. The molecule has 0 amide bonds. The second-order valence-corrected chi connectivity index (χ2v) is 6.73. The van der Waals surface area contributed by atoms with E-state index >= 15 is 0 Å². The van der Waals surface area contributed by atoms with Crippen molar-refractivity contribution in [1.29, 1.82) is 0 Å². The highest BCUT2D eigenvalue weighted by Gasteiger charge is 2.33. The van der Waals surface area contributed by atoms with Crippen LogP contribution < -0.4 is 5.32 Å². The topological polar surface area (TPSA) is 29.1 Å². The van der Waals surface area contributed by atoms with E-state index in [1.165, 1.54) is 0 Å². The summed E-state index contributed by atoms with van der Waals surface area (Å²) >= 11 is 0. The Morgan fingerprint density at radius 1 is 1.00 bits per heavy atom. The molecule has 2 nitrogen and oxygen atoms in total. The molecule has 0 saturated carbocycles. The Labute approximate surface area is 117 Å². The van der Waals surface area contributed by atoms with Crippen molar-refractivity contribution in [3.63, 3.8) is 0 Å². The third-order valence-electron chi connectivity index (χ3n) is 2.28. The van der Waals surface area contributed by atoms with Gasteiger partial charge in [-0.05, 0) is 26.7 Å². The Bertz CT molecular complexity index is 218. The van der Waals surface area contributed by atoms with E-state index in [-0.39, 0.29) is 39.3 Å². The van der Waals surface area contributed by atoms with Crippen LogP contribution in [-0.2, 0) is 4.79 Å². The number of hydrogen-bond acceptors (Lipinski definition) is 2. The molecule has 18 heavy (non-hydrogen) atoms. The highest BCUT2D eigenvalue weighted by molar-refractivity contribution is 5.89. The molecule has 112 valence electrons. The van der Waals surface area contributed by atoms with Gasteiger partial charge >= 0.3 is 0 Å². The molecule has 0 aromatic carbocycles. The molecule has 1 atom stereocenters. The van der Waals surface area contributed by atoms with Crippen LogP contribution in [0.25, 0.3) is 0 Å². The van der Waals surface area contributed by atoms with Gasteiger partial charge in [0.1, 0.15) is 0 Å². The van der Waals surface area contributed by atoms with E-state index in [0.717, 1.165) is 0 Å². The third kappa shape index (κ3) is 9.52. The quantitative estimate of drug-likeness (QED) is 0.753. The summed E-state index contributed by atoms with van der Waals surface area (Å²) in [5.74, 6) is 0.628. The normalized spacial score (nSPS) is 12.9. The van der Waals surface area contributed by atoms with Crippen molar-refractivity contribution in [1.82, 2.24) is 5.32 Å². The van der Waals surface area contributed by atoms with Crippen molar-refractivity contribution in [2.75, 3.05) is 0 Å². The lowest BCUT2D eigenvalue weighted by Gasteiger charge is -2.34. The van der Waals surface area contributed by atoms with Crippen LogP contribution in [-0.4, -0.2) is 17.4 Å². The molecular formula is C16H37NO. The largest absolute Gasteiger partial charge is 0.358 e. The van der Waals surface area contributed by atoms with Gasteiger partial charge in [0.15, 0.2) is 5.78 Å². The summed E-state index contributed by atoms with van der Waals surface area (Å²) in [6.07, 6.45) is 0. The molecular weight excluding hydrogens is 222 g/mol. The maximum atomic E-state index is 12.2. The van der Waals surface area contributed by atoms with Gasteiger partial charge < -0.3 is 12.7 Å². The van der Waals surface area contributed by atoms with E-state index < -0.39 is 0 Å². The predicted molar refractivity (Wildman–Crippen MR) is 85.5 cm³/mol. The van der Waals surface area contributed by atoms with Crippen LogP contribution >= 0.6 is 0 Å². The molecule has 0 radical (unpaired) electrons. The van der Waals surface area contributed by atoms with Crippen LogP contribution in [0.3, 0.4) is 0 Å². The van der Waals surface area contributed by atoms with E-state index in [4.69, 9.17) is 0 Å². The van der Waals surface area contributed by atoms with Crippen molar-refractivity contribution in [2.24, 2.45) is 11.3 Å². The lowest BCUT2D eigenvalue weighted by molar-refractivity contribution is -0.130. The fourth-order valence-corrected chi connectivity index (χ4v) is 1.47. The summed E-state index contributed by atoms with van der Waals surface area (Å²) in [6, 6.07) is -0.0509. The van der Waals surface area contributed by atoms with Crippen molar-refractivity contribution in [3.05, 3.63) is 14.9 Å². The lowest BCUT2D eigenvalue weighted by Crippen LogP contribution is -2.53. The Kier molecular flexibility index (Phi) is 12.5. The summed E-state index contributed by atoms with van der Waals surface area (Å²) in [5.41, 5.74) is -0.289. The minimum atomic E-state index is -0.271. The summed E-state index contributed by atoms with van der Waals surface area (Å²) in [6.45, 7) is 16.4. The molecule has 0 aromatic heterocycles. The molecule has 0 heterocycles. The predicted octanol–water partition coefficient (Wildman–Crippen LogP) is 4.55. The van der Waals surface area contributed by atoms with E-state index in [2.05, 4.69) is 39.9 Å². The van der Waals surface area contributed by atoms with Crippen LogP contribution in [0.15, 0.2) is 0 Å². The average Bonchev–Trinajstić information content (AvgIpc) is 1.94. The van der Waals surface area contributed by atoms with Crippen LogP contribution in [0.5, 0.6) is 0 Å². The van der Waals surface area contributed by atoms with Gasteiger partial charge in [0, 0.05) is 18.4 Å². The number of rotatable bonds is 3. The minimum Gasteiger partial charge on any atom is -0.358 e. The fourth-order valence-electron chi connectivity index (χ4n) is 1.47. The maximum absolute atomic E-state index is 12.2. The molecule has 0 aliphatic rings. The Morgan fingerprint density at radius 2 is 1.33 bits per heavy atom. The van der Waals surface area contributed by atoms with Gasteiger partial charge in [-0.15, -0.1) is 0 Å². The SMILES string of the molecule is C.CC(C)C(NC(C)(C)C)C(=O)C(C)(C)C.[CH3+].[CH3-]. The molecule has 0 aliphatic carbocycles. The highest BCUT2D eigenvalue weighted by atomic mass is 16.1. The number of hydrogen-bond donors (Lipinski definition) is 1. The zero-order valence-corrected chi connectivity index (χ0v) is 13.6. The molecule has 0 saturated heterocycles. The Morgan fingerprint density at radius 3 is 1.50 bits per heavy atom. The van der Waals surface area contributed by atoms with E-state index in [0.29, 0.717) is 11.7 Å². The van der Waals surface area contributed by atoms with Crippen LogP contribution in [0, 0.1) is 26.2 Å². The smallest absolute Gasteiger partial charge is 0.155 e. The summed E-state index contributed by atoms with van der Waals surface area (Å²) in [7, 11) is 0. The van der Waals surface area contributed by atoms with Gasteiger partial charge in [-0.2, -0.15) is 0 Å². The first kappa shape index (κ1) is 26.1. The minimum absolute atomic E-state index is 0. The van der Waals surface area contributed by atoms with E-state index in [9.17, 15) is 4.79 Å². The maximum Gasteiger partial charge on any atom is 0.155 e. The molecule has 0 fully saturated rings. The Hall–Kier alpha value is -0.500. The molecule has 0 rings (SSSR count). The molecule has 0 aliphatic heterocycles. The number of carbonyl (C=O) groups is 1. The van der Waals surface area contributed by atoms with Crippen molar-refractivity contribution in [2.45, 2.75) is 74.4 Å². The van der Waals surface area contributed by atoms with Crippen molar-refractivity contribution < 1.29 is 4.79 Å². The zero-order valence-electron chi connectivity index (χ0n) is 13.6. The number of ketones is 1. The standard InChI is InChI=1S/C13H27NO.CH4.2CH3/c1-9(2)10(14-13(6,7)8)11(15)12(3,4)5;;;/h9-10,14H,1-8H3;1H4;2*1H3/q;;-1;+1. The number of carbonyl (C=O) groups excluding carboxylic acids is 1. The van der Waals surface area contributed by atoms with Gasteiger partial charge in [-0.3, -0.25) is 4.79 Å². The monoisotopic (exact) mass is 259 g/mol. The first-order valence-corrected chi connectivity index (χ1v) is 5.77. The molecule has 2 heteroatoms. The summed E-state index contributed by atoms with van der Waals surface area (Å²) < 4.78 is 0.